The summed E-state index contributed by atoms with van der Waals surface area (Å²) in [5.74, 6) is 0.761. The second-order valence-corrected chi connectivity index (χ2v) is 7.44. The molecule has 0 amide bonds. The van der Waals surface area contributed by atoms with Crippen LogP contribution in [0.2, 0.25) is 0 Å². The van der Waals surface area contributed by atoms with Crippen molar-refractivity contribution in [2.75, 3.05) is 5.32 Å². The van der Waals surface area contributed by atoms with E-state index in [1.165, 1.54) is 36.9 Å². The topological polar surface area (TPSA) is 38.0 Å². The van der Waals surface area contributed by atoms with Crippen LogP contribution in [0.4, 0.5) is 5.69 Å². The lowest BCUT2D eigenvalue weighted by Crippen LogP contribution is -2.34. The van der Waals surface area contributed by atoms with E-state index in [4.69, 9.17) is 5.73 Å². The minimum Gasteiger partial charge on any atom is -0.382 e. The minimum absolute atomic E-state index is 0.226. The summed E-state index contributed by atoms with van der Waals surface area (Å²) in [5, 5.41) is 3.66. The zero-order chi connectivity index (χ0) is 14.8. The Morgan fingerprint density at radius 1 is 1.05 bits per heavy atom. The largest absolute Gasteiger partial charge is 0.382 e. The van der Waals surface area contributed by atoms with Crippen molar-refractivity contribution in [1.29, 1.82) is 0 Å². The van der Waals surface area contributed by atoms with Crippen molar-refractivity contribution in [2.45, 2.75) is 70.9 Å². The normalized spacial score (nSPS) is 25.2. The van der Waals surface area contributed by atoms with Gasteiger partial charge in [0.1, 0.15) is 0 Å². The zero-order valence-electron chi connectivity index (χ0n) is 13.4. The van der Waals surface area contributed by atoms with E-state index in [0.29, 0.717) is 12.1 Å². The smallest absolute Gasteiger partial charge is 0.0342 e. The molecule has 0 radical (unpaired) electrons. The first-order valence-electron chi connectivity index (χ1n) is 7.99. The van der Waals surface area contributed by atoms with Crippen LogP contribution in [0.15, 0.2) is 24.3 Å². The van der Waals surface area contributed by atoms with Gasteiger partial charge in [-0.1, -0.05) is 32.9 Å². The molecule has 2 nitrogen and oxygen atoms in total. The molecule has 1 saturated carbocycles. The Morgan fingerprint density at radius 2 is 1.60 bits per heavy atom. The van der Waals surface area contributed by atoms with Gasteiger partial charge >= 0.3 is 0 Å². The first-order valence-corrected chi connectivity index (χ1v) is 7.99. The van der Waals surface area contributed by atoms with Gasteiger partial charge in [-0.2, -0.15) is 0 Å². The maximum absolute atomic E-state index is 5.99. The van der Waals surface area contributed by atoms with Gasteiger partial charge in [-0.15, -0.1) is 0 Å². The molecule has 20 heavy (non-hydrogen) atoms. The molecular formula is C18H30N2. The van der Waals surface area contributed by atoms with E-state index in [-0.39, 0.29) is 5.41 Å². The molecule has 1 unspecified atom stereocenters. The average Bonchev–Trinajstić information content (AvgIpc) is 2.39. The Labute approximate surface area is 124 Å². The molecule has 0 aromatic heterocycles. The maximum atomic E-state index is 5.99. The van der Waals surface area contributed by atoms with Gasteiger partial charge in [0.15, 0.2) is 0 Å². The number of nitrogens with one attached hydrogen (secondary N) is 1. The summed E-state index contributed by atoms with van der Waals surface area (Å²) in [6.45, 7) is 9.06. The third-order valence-electron chi connectivity index (χ3n) is 4.67. The molecule has 1 aromatic carbocycles. The van der Waals surface area contributed by atoms with E-state index < -0.39 is 0 Å². The minimum atomic E-state index is 0.226. The number of hydrogen-bond donors (Lipinski definition) is 2. The molecule has 1 fully saturated rings. The number of benzene rings is 1. The van der Waals surface area contributed by atoms with Crippen LogP contribution in [0.5, 0.6) is 0 Å². The Kier molecular flexibility index (Phi) is 4.74. The molecule has 112 valence electrons. The van der Waals surface area contributed by atoms with Crippen molar-refractivity contribution in [3.63, 3.8) is 0 Å². The number of anilines is 1. The molecule has 1 aliphatic rings. The van der Waals surface area contributed by atoms with Gasteiger partial charge in [0.25, 0.3) is 0 Å². The van der Waals surface area contributed by atoms with Crippen LogP contribution in [-0.2, 0) is 5.41 Å². The van der Waals surface area contributed by atoms with Crippen LogP contribution in [0.1, 0.15) is 58.9 Å². The fourth-order valence-electron chi connectivity index (χ4n) is 3.09. The first-order chi connectivity index (χ1) is 9.36. The Morgan fingerprint density at radius 3 is 2.10 bits per heavy atom. The zero-order valence-corrected chi connectivity index (χ0v) is 13.4. The highest BCUT2D eigenvalue weighted by molar-refractivity contribution is 5.46. The van der Waals surface area contributed by atoms with Gasteiger partial charge < -0.3 is 11.1 Å². The third-order valence-corrected chi connectivity index (χ3v) is 4.67. The molecule has 0 aliphatic heterocycles. The van der Waals surface area contributed by atoms with Crippen LogP contribution >= 0.6 is 0 Å². The van der Waals surface area contributed by atoms with Crippen molar-refractivity contribution < 1.29 is 0 Å². The van der Waals surface area contributed by atoms with Gasteiger partial charge in [-0.3, -0.25) is 0 Å². The summed E-state index contributed by atoms with van der Waals surface area (Å²) >= 11 is 0. The Hall–Kier alpha value is -1.02. The second kappa shape index (κ2) is 6.17. The van der Waals surface area contributed by atoms with Crippen molar-refractivity contribution in [3.8, 4) is 0 Å². The quantitative estimate of drug-likeness (QED) is 0.862. The Bertz CT molecular complexity index is 408. The monoisotopic (exact) mass is 274 g/mol. The predicted molar refractivity (Wildman–Crippen MR) is 88.2 cm³/mol. The standard InChI is InChI=1S/C18H30N2/c1-13(14-5-9-16(19)10-6-14)20-17-11-7-15(8-12-17)18(2,3)4/h7-8,11-14,16,20H,5-6,9-10,19H2,1-4H3/t13?,14-,16-. The van der Waals surface area contributed by atoms with Crippen LogP contribution < -0.4 is 11.1 Å². The summed E-state index contributed by atoms with van der Waals surface area (Å²) < 4.78 is 0. The molecule has 3 N–H and O–H groups in total. The van der Waals surface area contributed by atoms with Gasteiger partial charge in [-0.05, 0) is 61.6 Å². The predicted octanol–water partition coefficient (Wildman–Crippen LogP) is 4.30. The number of rotatable bonds is 3. The molecule has 0 heterocycles. The number of hydrogen-bond acceptors (Lipinski definition) is 2. The van der Waals surface area contributed by atoms with E-state index in [1.807, 2.05) is 0 Å². The Balaban J connectivity index is 1.93. The summed E-state index contributed by atoms with van der Waals surface area (Å²) in [6, 6.07) is 9.88. The second-order valence-electron chi connectivity index (χ2n) is 7.44. The molecule has 1 atom stereocenters. The van der Waals surface area contributed by atoms with Crippen molar-refractivity contribution in [3.05, 3.63) is 29.8 Å². The van der Waals surface area contributed by atoms with Crippen molar-refractivity contribution in [1.82, 2.24) is 0 Å². The SMILES string of the molecule is CC(Nc1ccc(C(C)(C)C)cc1)[C@H]1CC[C@H](N)CC1. The van der Waals surface area contributed by atoms with Gasteiger partial charge in [0.05, 0.1) is 0 Å². The van der Waals surface area contributed by atoms with Crippen molar-refractivity contribution in [2.24, 2.45) is 11.7 Å². The maximum Gasteiger partial charge on any atom is 0.0342 e. The van der Waals surface area contributed by atoms with E-state index in [1.54, 1.807) is 0 Å². The average molecular weight is 274 g/mol. The van der Waals surface area contributed by atoms with Gasteiger partial charge in [0, 0.05) is 17.8 Å². The van der Waals surface area contributed by atoms with E-state index >= 15 is 0 Å². The van der Waals surface area contributed by atoms with E-state index in [9.17, 15) is 0 Å². The lowest BCUT2D eigenvalue weighted by molar-refractivity contribution is 0.302. The summed E-state index contributed by atoms with van der Waals surface area (Å²) in [4.78, 5) is 0. The fourth-order valence-corrected chi connectivity index (χ4v) is 3.09. The summed E-state index contributed by atoms with van der Waals surface area (Å²) in [5.41, 5.74) is 8.84. The third kappa shape index (κ3) is 3.99. The molecule has 1 aliphatic carbocycles. The van der Waals surface area contributed by atoms with Crippen LogP contribution in [0.3, 0.4) is 0 Å². The molecule has 2 rings (SSSR count). The fraction of sp³-hybridized carbons (Fsp3) is 0.667. The number of nitrogens with two attached hydrogens (primary N) is 1. The van der Waals surface area contributed by atoms with Crippen molar-refractivity contribution >= 4 is 5.69 Å². The van der Waals surface area contributed by atoms with Gasteiger partial charge in [0.2, 0.25) is 0 Å². The van der Waals surface area contributed by atoms with E-state index in [2.05, 4.69) is 57.3 Å². The summed E-state index contributed by atoms with van der Waals surface area (Å²) in [6.07, 6.45) is 4.88. The van der Waals surface area contributed by atoms with E-state index in [0.717, 1.165) is 5.92 Å². The lowest BCUT2D eigenvalue weighted by atomic mass is 9.82. The molecule has 0 spiro atoms. The summed E-state index contributed by atoms with van der Waals surface area (Å²) in [7, 11) is 0. The van der Waals surface area contributed by atoms with Crippen LogP contribution in [0, 0.1) is 5.92 Å². The highest BCUT2D eigenvalue weighted by Gasteiger charge is 2.23. The highest BCUT2D eigenvalue weighted by atomic mass is 14.9. The van der Waals surface area contributed by atoms with Gasteiger partial charge in [-0.25, -0.2) is 0 Å². The molecule has 0 bridgehead atoms. The highest BCUT2D eigenvalue weighted by Crippen LogP contribution is 2.28. The molecule has 2 heteroatoms. The molecule has 0 saturated heterocycles. The lowest BCUT2D eigenvalue weighted by Gasteiger charge is -2.31. The van der Waals surface area contributed by atoms with Crippen LogP contribution in [-0.4, -0.2) is 12.1 Å². The molecular weight excluding hydrogens is 244 g/mol. The van der Waals surface area contributed by atoms with Crippen LogP contribution in [0.25, 0.3) is 0 Å². The molecule has 1 aromatic rings. The first kappa shape index (κ1) is 15.4.